The largest absolute Gasteiger partial charge is 0.377 e. The molecule has 0 saturated heterocycles. The van der Waals surface area contributed by atoms with Crippen LogP contribution in [0.1, 0.15) is 24.2 Å². The summed E-state index contributed by atoms with van der Waals surface area (Å²) in [5, 5.41) is 8.64. The van der Waals surface area contributed by atoms with Crippen LogP contribution in [0.5, 0.6) is 0 Å². The van der Waals surface area contributed by atoms with Crippen LogP contribution in [-0.4, -0.2) is 14.8 Å². The predicted octanol–water partition coefficient (Wildman–Crippen LogP) is 3.59. The van der Waals surface area contributed by atoms with Gasteiger partial charge in [0.1, 0.15) is 5.82 Å². The molecule has 108 valence electrons. The molecule has 0 bridgehead atoms. The Morgan fingerprint density at radius 3 is 2.81 bits per heavy atom. The van der Waals surface area contributed by atoms with E-state index in [1.807, 2.05) is 33.0 Å². The van der Waals surface area contributed by atoms with Gasteiger partial charge in [-0.05, 0) is 26.0 Å². The first-order chi connectivity index (χ1) is 10.1. The molecule has 0 aliphatic heterocycles. The molecule has 1 atom stereocenters. The van der Waals surface area contributed by atoms with Gasteiger partial charge in [0.25, 0.3) is 0 Å². The summed E-state index contributed by atoms with van der Waals surface area (Å²) >= 11 is 0. The fourth-order valence-corrected chi connectivity index (χ4v) is 2.54. The Morgan fingerprint density at radius 2 is 2.05 bits per heavy atom. The van der Waals surface area contributed by atoms with E-state index in [1.54, 1.807) is 23.0 Å². The molecular weight excluding hydrogens is 267 g/mol. The Hall–Kier alpha value is -2.43. The van der Waals surface area contributed by atoms with Gasteiger partial charge in [0, 0.05) is 18.0 Å². The van der Waals surface area contributed by atoms with Gasteiger partial charge in [-0.1, -0.05) is 18.2 Å². The number of fused-ring (bicyclic) bond motifs is 1. The number of halogens is 1. The van der Waals surface area contributed by atoms with Crippen molar-refractivity contribution in [2.75, 3.05) is 5.32 Å². The first-order valence-corrected chi connectivity index (χ1v) is 6.86. The topological polar surface area (TPSA) is 42.7 Å². The number of benzene rings is 1. The predicted molar refractivity (Wildman–Crippen MR) is 81.7 cm³/mol. The quantitative estimate of drug-likeness (QED) is 0.799. The maximum absolute atomic E-state index is 13.8. The number of nitrogens with one attached hydrogen (secondary N) is 1. The van der Waals surface area contributed by atoms with Gasteiger partial charge in [-0.3, -0.25) is 4.68 Å². The Labute approximate surface area is 122 Å². The first-order valence-electron chi connectivity index (χ1n) is 6.86. The van der Waals surface area contributed by atoms with Gasteiger partial charge in [-0.2, -0.15) is 5.10 Å². The van der Waals surface area contributed by atoms with Crippen molar-refractivity contribution >= 4 is 16.7 Å². The summed E-state index contributed by atoms with van der Waals surface area (Å²) in [6.45, 7) is 3.88. The van der Waals surface area contributed by atoms with Crippen molar-refractivity contribution in [1.29, 1.82) is 0 Å². The van der Waals surface area contributed by atoms with Crippen LogP contribution in [0, 0.1) is 12.7 Å². The summed E-state index contributed by atoms with van der Waals surface area (Å²) in [5.41, 5.74) is 3.27. The molecule has 1 aromatic carbocycles. The monoisotopic (exact) mass is 284 g/mol. The third-order valence-electron chi connectivity index (χ3n) is 3.62. The smallest absolute Gasteiger partial charge is 0.157 e. The van der Waals surface area contributed by atoms with Crippen LogP contribution in [0.15, 0.2) is 36.5 Å². The van der Waals surface area contributed by atoms with E-state index in [2.05, 4.69) is 15.4 Å². The maximum atomic E-state index is 13.8. The standard InChI is InChI=1S/C16H17FN4/c1-10(13-6-4-5-7-15(13)17)19-12-8-14-11(2)20-21(3)16(14)18-9-12/h4-10,19H,1-3H3. The van der Waals surface area contributed by atoms with E-state index in [0.29, 0.717) is 5.56 Å². The van der Waals surface area contributed by atoms with Crippen LogP contribution < -0.4 is 5.32 Å². The van der Waals surface area contributed by atoms with Crippen molar-refractivity contribution in [3.63, 3.8) is 0 Å². The number of hydrogen-bond donors (Lipinski definition) is 1. The van der Waals surface area contributed by atoms with Gasteiger partial charge >= 0.3 is 0 Å². The molecule has 0 saturated carbocycles. The summed E-state index contributed by atoms with van der Waals surface area (Å²) < 4.78 is 15.6. The number of rotatable bonds is 3. The van der Waals surface area contributed by atoms with Crippen molar-refractivity contribution in [1.82, 2.24) is 14.8 Å². The summed E-state index contributed by atoms with van der Waals surface area (Å²) in [4.78, 5) is 4.41. The zero-order valence-corrected chi connectivity index (χ0v) is 12.3. The van der Waals surface area contributed by atoms with Crippen LogP contribution in [0.25, 0.3) is 11.0 Å². The molecule has 1 N–H and O–H groups in total. The lowest BCUT2D eigenvalue weighted by Crippen LogP contribution is -2.08. The Balaban J connectivity index is 1.91. The summed E-state index contributed by atoms with van der Waals surface area (Å²) in [6.07, 6.45) is 1.75. The van der Waals surface area contributed by atoms with Crippen LogP contribution in [-0.2, 0) is 7.05 Å². The van der Waals surface area contributed by atoms with Gasteiger partial charge < -0.3 is 5.32 Å². The molecule has 0 aliphatic rings. The molecule has 2 heterocycles. The highest BCUT2D eigenvalue weighted by molar-refractivity contribution is 5.81. The highest BCUT2D eigenvalue weighted by atomic mass is 19.1. The minimum absolute atomic E-state index is 0.137. The van der Waals surface area contributed by atoms with Gasteiger partial charge in [0.2, 0.25) is 0 Å². The van der Waals surface area contributed by atoms with Crippen LogP contribution in [0.4, 0.5) is 10.1 Å². The van der Waals surface area contributed by atoms with Gasteiger partial charge in [-0.25, -0.2) is 9.37 Å². The second-order valence-corrected chi connectivity index (χ2v) is 5.19. The number of aryl methyl sites for hydroxylation is 2. The number of hydrogen-bond acceptors (Lipinski definition) is 3. The number of anilines is 1. The lowest BCUT2D eigenvalue weighted by Gasteiger charge is -2.16. The first kappa shape index (κ1) is 13.5. The van der Waals surface area contributed by atoms with E-state index < -0.39 is 0 Å². The Bertz CT molecular complexity index is 794. The molecule has 3 rings (SSSR count). The molecule has 1 unspecified atom stereocenters. The zero-order valence-electron chi connectivity index (χ0n) is 12.3. The van der Waals surface area contributed by atoms with E-state index >= 15 is 0 Å². The normalized spacial score (nSPS) is 12.6. The number of nitrogens with zero attached hydrogens (tertiary/aromatic N) is 3. The summed E-state index contributed by atoms with van der Waals surface area (Å²) in [6, 6.07) is 8.65. The summed E-state index contributed by atoms with van der Waals surface area (Å²) in [7, 11) is 1.87. The van der Waals surface area contributed by atoms with Gasteiger partial charge in [-0.15, -0.1) is 0 Å². The van der Waals surface area contributed by atoms with E-state index in [-0.39, 0.29) is 11.9 Å². The molecule has 3 aromatic rings. The molecular formula is C16H17FN4. The SMILES string of the molecule is Cc1nn(C)c2ncc(NC(C)c3ccccc3F)cc12. The van der Waals surface area contributed by atoms with Crippen molar-refractivity contribution in [2.45, 2.75) is 19.9 Å². The van der Waals surface area contributed by atoms with Crippen LogP contribution >= 0.6 is 0 Å². The molecule has 0 spiro atoms. The van der Waals surface area contributed by atoms with Crippen LogP contribution in [0.3, 0.4) is 0 Å². The highest BCUT2D eigenvalue weighted by Crippen LogP contribution is 2.24. The molecule has 5 heteroatoms. The fraction of sp³-hybridized carbons (Fsp3) is 0.250. The lowest BCUT2D eigenvalue weighted by molar-refractivity contribution is 0.600. The minimum Gasteiger partial charge on any atom is -0.377 e. The van der Waals surface area contributed by atoms with Crippen LogP contribution in [0.2, 0.25) is 0 Å². The van der Waals surface area contributed by atoms with E-state index in [0.717, 1.165) is 22.4 Å². The van der Waals surface area contributed by atoms with Crippen molar-refractivity contribution in [2.24, 2.45) is 7.05 Å². The van der Waals surface area contributed by atoms with Crippen molar-refractivity contribution < 1.29 is 4.39 Å². The van der Waals surface area contributed by atoms with Gasteiger partial charge in [0.05, 0.1) is 23.6 Å². The van der Waals surface area contributed by atoms with E-state index in [1.165, 1.54) is 6.07 Å². The second kappa shape index (κ2) is 5.16. The maximum Gasteiger partial charge on any atom is 0.157 e. The fourth-order valence-electron chi connectivity index (χ4n) is 2.54. The lowest BCUT2D eigenvalue weighted by atomic mass is 10.1. The number of pyridine rings is 1. The summed E-state index contributed by atoms with van der Waals surface area (Å²) in [5.74, 6) is -0.205. The molecule has 2 aromatic heterocycles. The Morgan fingerprint density at radius 1 is 1.29 bits per heavy atom. The van der Waals surface area contributed by atoms with Gasteiger partial charge in [0.15, 0.2) is 5.65 Å². The average Bonchev–Trinajstić information content (AvgIpc) is 2.74. The van der Waals surface area contributed by atoms with Crippen molar-refractivity contribution in [3.8, 4) is 0 Å². The van der Waals surface area contributed by atoms with E-state index in [9.17, 15) is 4.39 Å². The molecule has 0 aliphatic carbocycles. The van der Waals surface area contributed by atoms with E-state index in [4.69, 9.17) is 0 Å². The molecule has 21 heavy (non-hydrogen) atoms. The molecule has 0 fully saturated rings. The number of aromatic nitrogens is 3. The minimum atomic E-state index is -0.205. The van der Waals surface area contributed by atoms with Crippen molar-refractivity contribution in [3.05, 3.63) is 53.6 Å². The highest BCUT2D eigenvalue weighted by Gasteiger charge is 2.12. The second-order valence-electron chi connectivity index (χ2n) is 5.19. The average molecular weight is 284 g/mol. The zero-order chi connectivity index (χ0) is 15.0. The molecule has 4 nitrogen and oxygen atoms in total. The third-order valence-corrected chi connectivity index (χ3v) is 3.62. The molecule has 0 radical (unpaired) electrons. The molecule has 0 amide bonds. The third kappa shape index (κ3) is 2.46. The Kier molecular flexibility index (Phi) is 3.33.